The van der Waals surface area contributed by atoms with E-state index >= 15 is 0 Å². The van der Waals surface area contributed by atoms with Crippen LogP contribution in [0, 0.1) is 11.7 Å². The van der Waals surface area contributed by atoms with E-state index in [0.717, 1.165) is 19.4 Å². The van der Waals surface area contributed by atoms with Gasteiger partial charge in [-0.25, -0.2) is 4.39 Å². The van der Waals surface area contributed by atoms with E-state index in [4.69, 9.17) is 0 Å². The Bertz CT molecular complexity index is 447. The highest BCUT2D eigenvalue weighted by molar-refractivity contribution is 6.00. The van der Waals surface area contributed by atoms with Gasteiger partial charge < -0.3 is 10.6 Å². The maximum absolute atomic E-state index is 13.8. The zero-order valence-corrected chi connectivity index (χ0v) is 10.8. The lowest BCUT2D eigenvalue weighted by atomic mass is 9.98. The lowest BCUT2D eigenvalue weighted by molar-refractivity contribution is 0.0931. The number of rotatable bonds is 0. The van der Waals surface area contributed by atoms with Crippen molar-refractivity contribution in [3.8, 4) is 0 Å². The van der Waals surface area contributed by atoms with Gasteiger partial charge in [0.15, 0.2) is 0 Å². The van der Waals surface area contributed by atoms with Crippen LogP contribution in [-0.4, -0.2) is 18.5 Å². The summed E-state index contributed by atoms with van der Waals surface area (Å²) in [5.41, 5.74) is 0.702. The molecule has 0 spiro atoms. The van der Waals surface area contributed by atoms with Gasteiger partial charge in [0, 0.05) is 18.3 Å². The number of benzene rings is 1. The van der Waals surface area contributed by atoms with Crippen LogP contribution in [0.2, 0.25) is 0 Å². The molecule has 2 N–H and O–H groups in total. The number of carbonyl (C=O) groups excluding carboxylic acids is 1. The quantitative estimate of drug-likeness (QED) is 0.743. The van der Waals surface area contributed by atoms with Crippen molar-refractivity contribution in [1.29, 1.82) is 0 Å². The Labute approximate surface area is 107 Å². The molecule has 2 unspecified atom stereocenters. The summed E-state index contributed by atoms with van der Waals surface area (Å²) < 4.78 is 13.8. The van der Waals surface area contributed by atoms with E-state index in [1.807, 2.05) is 6.92 Å². The molecule has 1 heterocycles. The zero-order valence-electron chi connectivity index (χ0n) is 10.8. The van der Waals surface area contributed by atoms with Crippen LogP contribution in [0.15, 0.2) is 18.2 Å². The molecule has 0 aromatic heterocycles. The molecule has 1 aliphatic rings. The van der Waals surface area contributed by atoms with Crippen molar-refractivity contribution in [3.63, 3.8) is 0 Å². The molecule has 1 aromatic carbocycles. The van der Waals surface area contributed by atoms with Gasteiger partial charge in [0.05, 0.1) is 5.56 Å². The van der Waals surface area contributed by atoms with E-state index in [9.17, 15) is 9.18 Å². The predicted octanol–water partition coefficient (Wildman–Crippen LogP) is 2.79. The molecule has 0 saturated heterocycles. The van der Waals surface area contributed by atoms with Crippen molar-refractivity contribution < 1.29 is 9.18 Å². The molecule has 0 aliphatic carbocycles. The maximum Gasteiger partial charge on any atom is 0.256 e. The topological polar surface area (TPSA) is 41.1 Å². The second-order valence-electron chi connectivity index (χ2n) is 5.09. The average molecular weight is 250 g/mol. The minimum absolute atomic E-state index is 0.0676. The smallest absolute Gasteiger partial charge is 0.256 e. The van der Waals surface area contributed by atoms with E-state index < -0.39 is 5.82 Å². The first-order chi connectivity index (χ1) is 8.58. The van der Waals surface area contributed by atoms with E-state index in [2.05, 4.69) is 17.6 Å². The van der Waals surface area contributed by atoms with E-state index in [-0.39, 0.29) is 17.5 Å². The van der Waals surface area contributed by atoms with Gasteiger partial charge in [-0.1, -0.05) is 13.0 Å². The van der Waals surface area contributed by atoms with E-state index in [1.54, 1.807) is 12.1 Å². The second kappa shape index (κ2) is 5.38. The summed E-state index contributed by atoms with van der Waals surface area (Å²) in [4.78, 5) is 12.1. The number of halogens is 1. The summed E-state index contributed by atoms with van der Waals surface area (Å²) in [6, 6.07) is 4.75. The number of nitrogens with one attached hydrogen (secondary N) is 2. The second-order valence-corrected chi connectivity index (χ2v) is 5.09. The van der Waals surface area contributed by atoms with Crippen LogP contribution in [-0.2, 0) is 0 Å². The Morgan fingerprint density at radius 3 is 2.89 bits per heavy atom. The van der Waals surface area contributed by atoms with Crippen LogP contribution in [0.3, 0.4) is 0 Å². The summed E-state index contributed by atoms with van der Waals surface area (Å²) in [7, 11) is 0. The Hall–Kier alpha value is -1.58. The van der Waals surface area contributed by atoms with Gasteiger partial charge in [0.25, 0.3) is 5.91 Å². The first-order valence-corrected chi connectivity index (χ1v) is 6.41. The molecule has 0 bridgehead atoms. The van der Waals surface area contributed by atoms with Gasteiger partial charge in [-0.15, -0.1) is 0 Å². The molecule has 1 amide bonds. The molecule has 2 atom stereocenters. The first-order valence-electron chi connectivity index (χ1n) is 6.41. The normalized spacial score (nSPS) is 24.7. The summed E-state index contributed by atoms with van der Waals surface area (Å²) in [5.74, 6) is -0.279. The summed E-state index contributed by atoms with van der Waals surface area (Å²) in [6.45, 7) is 4.89. The standard InChI is InChI=1S/C14H19FN2O/c1-9-6-7-16-12-5-3-4-11(15)13(12)14(18)17-10(2)8-9/h3-5,9-10,16H,6-8H2,1-2H3,(H,17,18). The zero-order chi connectivity index (χ0) is 13.1. The molecule has 1 aliphatic heterocycles. The van der Waals surface area contributed by atoms with Crippen molar-refractivity contribution in [2.24, 2.45) is 5.92 Å². The van der Waals surface area contributed by atoms with Crippen molar-refractivity contribution in [1.82, 2.24) is 5.32 Å². The monoisotopic (exact) mass is 250 g/mol. The average Bonchev–Trinajstić information content (AvgIpc) is 2.27. The molecular weight excluding hydrogens is 231 g/mol. The highest BCUT2D eigenvalue weighted by atomic mass is 19.1. The SMILES string of the molecule is CC1CCNc2cccc(F)c2C(=O)NC(C)C1. The number of carbonyl (C=O) groups is 1. The van der Waals surface area contributed by atoms with Crippen molar-refractivity contribution in [2.45, 2.75) is 32.7 Å². The number of hydrogen-bond acceptors (Lipinski definition) is 2. The minimum atomic E-state index is -0.474. The van der Waals surface area contributed by atoms with Gasteiger partial charge in [-0.2, -0.15) is 0 Å². The van der Waals surface area contributed by atoms with Crippen molar-refractivity contribution >= 4 is 11.6 Å². The Balaban J connectivity index is 2.33. The van der Waals surface area contributed by atoms with Gasteiger partial charge in [-0.05, 0) is 37.8 Å². The number of amides is 1. The number of anilines is 1. The molecule has 3 nitrogen and oxygen atoms in total. The van der Waals surface area contributed by atoms with Crippen LogP contribution in [0.4, 0.5) is 10.1 Å². The number of hydrogen-bond donors (Lipinski definition) is 2. The molecule has 1 aromatic rings. The Kier molecular flexibility index (Phi) is 3.84. The molecule has 2 rings (SSSR count). The fourth-order valence-electron chi connectivity index (χ4n) is 2.43. The third-order valence-electron chi connectivity index (χ3n) is 3.33. The predicted molar refractivity (Wildman–Crippen MR) is 70.2 cm³/mol. The lowest BCUT2D eigenvalue weighted by Gasteiger charge is -2.22. The fraction of sp³-hybridized carbons (Fsp3) is 0.500. The van der Waals surface area contributed by atoms with Crippen LogP contribution in [0.5, 0.6) is 0 Å². The van der Waals surface area contributed by atoms with Crippen LogP contribution in [0.25, 0.3) is 0 Å². The minimum Gasteiger partial charge on any atom is -0.384 e. The van der Waals surface area contributed by atoms with Crippen molar-refractivity contribution in [3.05, 3.63) is 29.6 Å². The third kappa shape index (κ3) is 2.81. The van der Waals surface area contributed by atoms with E-state index in [0.29, 0.717) is 11.6 Å². The largest absolute Gasteiger partial charge is 0.384 e. The molecule has 0 radical (unpaired) electrons. The molecular formula is C14H19FN2O. The molecule has 0 saturated carbocycles. The van der Waals surface area contributed by atoms with Gasteiger partial charge >= 0.3 is 0 Å². The highest BCUT2D eigenvalue weighted by Crippen LogP contribution is 2.21. The maximum atomic E-state index is 13.8. The lowest BCUT2D eigenvalue weighted by Crippen LogP contribution is -2.35. The van der Waals surface area contributed by atoms with Gasteiger partial charge in [-0.3, -0.25) is 4.79 Å². The molecule has 18 heavy (non-hydrogen) atoms. The van der Waals surface area contributed by atoms with Gasteiger partial charge in [0.2, 0.25) is 0 Å². The van der Waals surface area contributed by atoms with Crippen molar-refractivity contribution in [2.75, 3.05) is 11.9 Å². The van der Waals surface area contributed by atoms with Crippen LogP contribution >= 0.6 is 0 Å². The molecule has 0 fully saturated rings. The van der Waals surface area contributed by atoms with Crippen LogP contribution in [0.1, 0.15) is 37.0 Å². The Morgan fingerprint density at radius 2 is 2.11 bits per heavy atom. The summed E-state index contributed by atoms with van der Waals surface area (Å²) in [5, 5.41) is 6.01. The fourth-order valence-corrected chi connectivity index (χ4v) is 2.43. The Morgan fingerprint density at radius 1 is 1.33 bits per heavy atom. The highest BCUT2D eigenvalue weighted by Gasteiger charge is 2.20. The first kappa shape index (κ1) is 12.9. The third-order valence-corrected chi connectivity index (χ3v) is 3.33. The molecule has 4 heteroatoms. The summed E-state index contributed by atoms with van der Waals surface area (Å²) >= 11 is 0. The van der Waals surface area contributed by atoms with E-state index in [1.165, 1.54) is 6.07 Å². The summed E-state index contributed by atoms with van der Waals surface area (Å²) in [6.07, 6.45) is 1.92. The van der Waals surface area contributed by atoms with Gasteiger partial charge in [0.1, 0.15) is 5.82 Å². The van der Waals surface area contributed by atoms with Crippen LogP contribution < -0.4 is 10.6 Å². The molecule has 98 valence electrons. The number of fused-ring (bicyclic) bond motifs is 1.